The third-order valence-electron chi connectivity index (χ3n) is 4.60. The van der Waals surface area contributed by atoms with Crippen molar-refractivity contribution in [2.24, 2.45) is 5.41 Å². The summed E-state index contributed by atoms with van der Waals surface area (Å²) in [6.45, 7) is 0.452. The van der Waals surface area contributed by atoms with Crippen molar-refractivity contribution in [1.82, 2.24) is 19.7 Å². The first kappa shape index (κ1) is 16.8. The number of rotatable bonds is 6. The van der Waals surface area contributed by atoms with Crippen molar-refractivity contribution in [2.75, 3.05) is 23.9 Å². The molecule has 1 fully saturated rings. The van der Waals surface area contributed by atoms with Crippen molar-refractivity contribution < 1.29 is 8.42 Å². The first-order chi connectivity index (χ1) is 12.4. The zero-order valence-electron chi connectivity index (χ0n) is 14.3. The second-order valence-corrected chi connectivity index (χ2v) is 9.11. The number of anilines is 1. The molecule has 1 saturated carbocycles. The Morgan fingerprint density at radius 1 is 1.27 bits per heavy atom. The molecule has 4 rings (SSSR count). The molecule has 2 N–H and O–H groups in total. The van der Waals surface area contributed by atoms with E-state index < -0.39 is 9.84 Å². The molecule has 9 heteroatoms. The molecule has 2 heterocycles. The second-order valence-electron chi connectivity index (χ2n) is 6.97. The normalized spacial score (nSPS) is 15.9. The first-order valence-electron chi connectivity index (χ1n) is 8.30. The Kier molecular flexibility index (Phi) is 3.83. The predicted molar refractivity (Wildman–Crippen MR) is 99.4 cm³/mol. The van der Waals surface area contributed by atoms with Crippen LogP contribution in [-0.2, 0) is 9.84 Å². The van der Waals surface area contributed by atoms with Crippen LogP contribution in [0.3, 0.4) is 0 Å². The number of nitrogens with one attached hydrogen (secondary N) is 2. The van der Waals surface area contributed by atoms with Crippen molar-refractivity contribution in [3.05, 3.63) is 46.9 Å². The molecule has 1 aromatic carbocycles. The number of hydrogen-bond donors (Lipinski definition) is 2. The third-order valence-corrected chi connectivity index (χ3v) is 5.73. The van der Waals surface area contributed by atoms with Crippen LogP contribution in [-0.4, -0.2) is 46.7 Å². The summed E-state index contributed by atoms with van der Waals surface area (Å²) in [6, 6.07) is 9.44. The van der Waals surface area contributed by atoms with Crippen LogP contribution in [0.25, 0.3) is 16.7 Å². The summed E-state index contributed by atoms with van der Waals surface area (Å²) in [7, 11) is -3.05. The molecule has 0 spiro atoms. The summed E-state index contributed by atoms with van der Waals surface area (Å²) >= 11 is 0. The SMILES string of the molecule is CS(=O)(=O)CC1(CNc2nc3c(cnn3-c3ccccc3)c(=O)[nH]2)CC1. The average Bonchev–Trinajstić information content (AvgIpc) is 3.19. The molecule has 0 amide bonds. The van der Waals surface area contributed by atoms with E-state index in [4.69, 9.17) is 0 Å². The van der Waals surface area contributed by atoms with E-state index in [9.17, 15) is 13.2 Å². The van der Waals surface area contributed by atoms with E-state index in [1.807, 2.05) is 30.3 Å². The molecular formula is C17H19N5O3S. The van der Waals surface area contributed by atoms with Gasteiger partial charge < -0.3 is 5.32 Å². The van der Waals surface area contributed by atoms with E-state index in [1.54, 1.807) is 4.68 Å². The van der Waals surface area contributed by atoms with Crippen LogP contribution in [0.2, 0.25) is 0 Å². The Hall–Kier alpha value is -2.68. The summed E-state index contributed by atoms with van der Waals surface area (Å²) in [5.41, 5.74) is 0.714. The van der Waals surface area contributed by atoms with Gasteiger partial charge in [-0.3, -0.25) is 9.78 Å². The lowest BCUT2D eigenvalue weighted by Crippen LogP contribution is -2.25. The van der Waals surface area contributed by atoms with Gasteiger partial charge in [-0.15, -0.1) is 0 Å². The van der Waals surface area contributed by atoms with Gasteiger partial charge in [0.05, 0.1) is 17.6 Å². The largest absolute Gasteiger partial charge is 0.355 e. The second kappa shape index (κ2) is 5.94. The smallest absolute Gasteiger partial charge is 0.263 e. The van der Waals surface area contributed by atoms with Gasteiger partial charge in [-0.1, -0.05) is 18.2 Å². The van der Waals surface area contributed by atoms with Gasteiger partial charge in [-0.05, 0) is 25.0 Å². The van der Waals surface area contributed by atoms with Gasteiger partial charge in [-0.25, -0.2) is 13.1 Å². The number of sulfone groups is 1. The third kappa shape index (κ3) is 3.34. The average molecular weight is 373 g/mol. The molecule has 136 valence electrons. The van der Waals surface area contributed by atoms with E-state index in [0.717, 1.165) is 18.5 Å². The molecule has 8 nitrogen and oxygen atoms in total. The summed E-state index contributed by atoms with van der Waals surface area (Å²) in [6.07, 6.45) is 4.44. The number of benzene rings is 1. The van der Waals surface area contributed by atoms with Gasteiger partial charge >= 0.3 is 0 Å². The van der Waals surface area contributed by atoms with Crippen molar-refractivity contribution >= 4 is 26.8 Å². The maximum Gasteiger partial charge on any atom is 0.263 e. The Morgan fingerprint density at radius 3 is 2.65 bits per heavy atom. The maximum absolute atomic E-state index is 12.3. The van der Waals surface area contributed by atoms with Crippen LogP contribution in [0.15, 0.2) is 41.3 Å². The van der Waals surface area contributed by atoms with Crippen LogP contribution in [0.4, 0.5) is 5.95 Å². The Labute approximate surface area is 150 Å². The van der Waals surface area contributed by atoms with Crippen molar-refractivity contribution in [3.63, 3.8) is 0 Å². The maximum atomic E-state index is 12.3. The Morgan fingerprint density at radius 2 is 2.00 bits per heavy atom. The number of aromatic amines is 1. The van der Waals surface area contributed by atoms with Gasteiger partial charge in [-0.2, -0.15) is 10.1 Å². The molecule has 1 aliphatic carbocycles. The highest BCUT2D eigenvalue weighted by Gasteiger charge is 2.45. The van der Waals surface area contributed by atoms with Crippen molar-refractivity contribution in [1.29, 1.82) is 0 Å². The highest BCUT2D eigenvalue weighted by Crippen LogP contribution is 2.46. The molecule has 0 unspecified atom stereocenters. The van der Waals surface area contributed by atoms with Gasteiger partial charge in [0.15, 0.2) is 5.65 Å². The lowest BCUT2D eigenvalue weighted by Gasteiger charge is -2.15. The van der Waals surface area contributed by atoms with Gasteiger partial charge in [0.1, 0.15) is 15.2 Å². The molecule has 0 radical (unpaired) electrons. The minimum atomic E-state index is -3.05. The van der Waals surface area contributed by atoms with Crippen molar-refractivity contribution in [2.45, 2.75) is 12.8 Å². The fourth-order valence-corrected chi connectivity index (χ4v) is 4.64. The fourth-order valence-electron chi connectivity index (χ4n) is 3.14. The van der Waals surface area contributed by atoms with Crippen LogP contribution in [0.1, 0.15) is 12.8 Å². The number of nitrogens with zero attached hydrogens (tertiary/aromatic N) is 3. The molecule has 0 bridgehead atoms. The zero-order chi connectivity index (χ0) is 18.4. The van der Waals surface area contributed by atoms with E-state index in [-0.39, 0.29) is 16.7 Å². The van der Waals surface area contributed by atoms with E-state index >= 15 is 0 Å². The fraction of sp³-hybridized carbons (Fsp3) is 0.353. The summed E-state index contributed by atoms with van der Waals surface area (Å²) in [4.78, 5) is 19.5. The highest BCUT2D eigenvalue weighted by molar-refractivity contribution is 7.90. The van der Waals surface area contributed by atoms with Gasteiger partial charge in [0.2, 0.25) is 5.95 Å². The van der Waals surface area contributed by atoms with Crippen molar-refractivity contribution in [3.8, 4) is 5.69 Å². The molecular weight excluding hydrogens is 354 g/mol. The summed E-state index contributed by atoms with van der Waals surface area (Å²) in [5.74, 6) is 0.460. The van der Waals surface area contributed by atoms with Gasteiger partial charge in [0.25, 0.3) is 5.56 Å². The predicted octanol–water partition coefficient (Wildman–Crippen LogP) is 1.35. The monoisotopic (exact) mass is 373 g/mol. The molecule has 0 atom stereocenters. The molecule has 0 aliphatic heterocycles. The topological polar surface area (TPSA) is 110 Å². The van der Waals surface area contributed by atoms with Crippen LogP contribution < -0.4 is 10.9 Å². The lowest BCUT2D eigenvalue weighted by molar-refractivity contribution is 0.560. The minimum Gasteiger partial charge on any atom is -0.355 e. The van der Waals surface area contributed by atoms with Crippen LogP contribution in [0, 0.1) is 5.41 Å². The number of para-hydroxylation sites is 1. The first-order valence-corrected chi connectivity index (χ1v) is 10.4. The lowest BCUT2D eigenvalue weighted by atomic mass is 10.1. The number of hydrogen-bond acceptors (Lipinski definition) is 6. The molecule has 26 heavy (non-hydrogen) atoms. The van der Waals surface area contributed by atoms with Crippen LogP contribution >= 0.6 is 0 Å². The number of aromatic nitrogens is 4. The molecule has 0 saturated heterocycles. The zero-order valence-corrected chi connectivity index (χ0v) is 15.1. The highest BCUT2D eigenvalue weighted by atomic mass is 32.2. The Bertz CT molecular complexity index is 1110. The van der Waals surface area contributed by atoms with E-state index in [1.165, 1.54) is 12.5 Å². The standard InChI is InChI=1S/C17H19N5O3S/c1-26(24,25)11-17(7-8-17)10-18-16-20-14-13(15(23)21-16)9-19-22(14)12-5-3-2-4-6-12/h2-6,9H,7-8,10-11H2,1H3,(H2,18,20,21,23). The van der Waals surface area contributed by atoms with E-state index in [2.05, 4.69) is 20.4 Å². The number of fused-ring (bicyclic) bond motifs is 1. The van der Waals surface area contributed by atoms with Gasteiger partial charge in [0, 0.05) is 18.2 Å². The minimum absolute atomic E-state index is 0.140. The molecule has 3 aromatic rings. The summed E-state index contributed by atoms with van der Waals surface area (Å²) in [5, 5.41) is 7.76. The quantitative estimate of drug-likeness (QED) is 0.675. The van der Waals surface area contributed by atoms with E-state index in [0.29, 0.717) is 23.5 Å². The molecule has 1 aliphatic rings. The Balaban J connectivity index is 1.64. The molecule has 2 aromatic heterocycles. The number of H-pyrrole nitrogens is 1. The summed E-state index contributed by atoms with van der Waals surface area (Å²) < 4.78 is 24.8. The van der Waals surface area contributed by atoms with Crippen LogP contribution in [0.5, 0.6) is 0 Å².